The summed E-state index contributed by atoms with van der Waals surface area (Å²) >= 11 is 0. The van der Waals surface area contributed by atoms with Crippen molar-refractivity contribution < 1.29 is 19.7 Å². The molecule has 1 amide bonds. The number of benzene rings is 2. The monoisotopic (exact) mass is 465 g/mol. The molecule has 3 aliphatic rings. The van der Waals surface area contributed by atoms with Gasteiger partial charge < -0.3 is 24.7 Å². The summed E-state index contributed by atoms with van der Waals surface area (Å²) in [4.78, 5) is 18.8. The van der Waals surface area contributed by atoms with Crippen LogP contribution in [0.5, 0.6) is 5.75 Å². The molecular weight excluding hydrogens is 434 g/mol. The summed E-state index contributed by atoms with van der Waals surface area (Å²) in [7, 11) is 2.08. The Hall–Kier alpha value is -3.14. The number of amides is 1. The summed E-state index contributed by atoms with van der Waals surface area (Å²) in [6, 6.07) is 11.5. The van der Waals surface area contributed by atoms with Crippen molar-refractivity contribution in [1.82, 2.24) is 10.3 Å². The molecule has 0 aromatic heterocycles. The molecule has 3 aliphatic heterocycles. The molecule has 0 unspecified atom stereocenters. The normalized spacial score (nSPS) is 21.0. The quantitative estimate of drug-likeness (QED) is 0.593. The number of aliphatic hydroxyl groups excluding tert-OH is 2. The number of hydrogen-bond donors (Lipinski definition) is 3. The lowest BCUT2D eigenvalue weighted by atomic mass is 9.88. The third kappa shape index (κ3) is 3.60. The first kappa shape index (κ1) is 22.6. The molecule has 180 valence electrons. The molecule has 1 fully saturated rings. The molecular formula is C25H31N5O4. The van der Waals surface area contributed by atoms with Crippen molar-refractivity contribution in [2.75, 3.05) is 49.7 Å². The van der Waals surface area contributed by atoms with Crippen molar-refractivity contribution in [3.8, 4) is 16.9 Å². The van der Waals surface area contributed by atoms with Gasteiger partial charge in [-0.1, -0.05) is 24.3 Å². The molecule has 5 rings (SSSR count). The number of hydrogen-bond acceptors (Lipinski definition) is 8. The maximum absolute atomic E-state index is 12.4. The third-order valence-electron chi connectivity index (χ3n) is 7.23. The molecule has 2 aromatic rings. The largest absolute Gasteiger partial charge is 0.483 e. The summed E-state index contributed by atoms with van der Waals surface area (Å²) in [6.45, 7) is 6.71. The van der Waals surface area contributed by atoms with E-state index in [2.05, 4.69) is 40.4 Å². The first-order valence-corrected chi connectivity index (χ1v) is 11.6. The van der Waals surface area contributed by atoms with Gasteiger partial charge in [-0.05, 0) is 37.1 Å². The molecule has 0 radical (unpaired) electrons. The molecule has 0 aliphatic carbocycles. The number of rotatable bonds is 6. The summed E-state index contributed by atoms with van der Waals surface area (Å²) in [5.74, 6) is 1.19. The zero-order valence-electron chi connectivity index (χ0n) is 19.8. The van der Waals surface area contributed by atoms with Crippen LogP contribution in [-0.2, 0) is 11.4 Å². The number of nitrogens with one attached hydrogen (secondary N) is 1. The topological polar surface area (TPSA) is 101 Å². The number of nitrogens with zero attached hydrogens (tertiary/aromatic N) is 4. The van der Waals surface area contributed by atoms with Crippen LogP contribution >= 0.6 is 0 Å². The second-order valence-electron chi connectivity index (χ2n) is 9.48. The van der Waals surface area contributed by atoms with Gasteiger partial charge in [0.1, 0.15) is 18.4 Å². The Bertz CT molecular complexity index is 1140. The molecule has 1 saturated heterocycles. The summed E-state index contributed by atoms with van der Waals surface area (Å²) < 4.78 is 6.08. The second kappa shape index (κ2) is 8.57. The minimum absolute atomic E-state index is 0.0705. The molecule has 0 spiro atoms. The average Bonchev–Trinajstić information content (AvgIpc) is 2.83. The molecule has 9 nitrogen and oxygen atoms in total. The first-order valence-electron chi connectivity index (χ1n) is 11.6. The molecule has 3 heterocycles. The van der Waals surface area contributed by atoms with Crippen LogP contribution in [0.3, 0.4) is 0 Å². The Morgan fingerprint density at radius 1 is 1.24 bits per heavy atom. The van der Waals surface area contributed by atoms with Crippen LogP contribution in [0.25, 0.3) is 11.1 Å². The van der Waals surface area contributed by atoms with Crippen molar-refractivity contribution >= 4 is 23.1 Å². The number of fused-ring (bicyclic) bond motifs is 3. The van der Waals surface area contributed by atoms with E-state index in [4.69, 9.17) is 4.74 Å². The van der Waals surface area contributed by atoms with Crippen LogP contribution in [0.2, 0.25) is 0 Å². The van der Waals surface area contributed by atoms with Gasteiger partial charge in [0.05, 0.1) is 24.4 Å². The van der Waals surface area contributed by atoms with Crippen LogP contribution in [0.15, 0.2) is 41.5 Å². The van der Waals surface area contributed by atoms with Gasteiger partial charge in [0.2, 0.25) is 0 Å². The highest BCUT2D eigenvalue weighted by Gasteiger charge is 2.43. The van der Waals surface area contributed by atoms with Gasteiger partial charge in [0.25, 0.3) is 5.91 Å². The maximum atomic E-state index is 12.4. The lowest BCUT2D eigenvalue weighted by Crippen LogP contribution is -2.68. The van der Waals surface area contributed by atoms with Crippen LogP contribution in [0, 0.1) is 0 Å². The van der Waals surface area contributed by atoms with Gasteiger partial charge in [0, 0.05) is 37.9 Å². The van der Waals surface area contributed by atoms with E-state index in [0.717, 1.165) is 41.2 Å². The van der Waals surface area contributed by atoms with Gasteiger partial charge in [-0.3, -0.25) is 9.69 Å². The van der Waals surface area contributed by atoms with E-state index in [1.807, 2.05) is 42.2 Å². The fourth-order valence-electron chi connectivity index (χ4n) is 5.19. The van der Waals surface area contributed by atoms with Gasteiger partial charge in [-0.25, -0.2) is 5.43 Å². The number of anilines is 2. The predicted molar refractivity (Wildman–Crippen MR) is 131 cm³/mol. The minimum Gasteiger partial charge on any atom is -0.483 e. The highest BCUT2D eigenvalue weighted by Crippen LogP contribution is 2.46. The highest BCUT2D eigenvalue weighted by atomic mass is 16.5. The zero-order chi connectivity index (χ0) is 24.0. The smallest absolute Gasteiger partial charge is 0.262 e. The Labute approximate surface area is 199 Å². The number of ether oxygens (including phenoxy) is 1. The van der Waals surface area contributed by atoms with Crippen molar-refractivity contribution in [2.24, 2.45) is 5.10 Å². The van der Waals surface area contributed by atoms with Crippen LogP contribution in [0.4, 0.5) is 11.4 Å². The molecule has 9 heteroatoms. The van der Waals surface area contributed by atoms with Gasteiger partial charge in [-0.2, -0.15) is 5.10 Å². The van der Waals surface area contributed by atoms with Crippen LogP contribution < -0.4 is 20.0 Å². The Morgan fingerprint density at radius 2 is 2.00 bits per heavy atom. The maximum Gasteiger partial charge on any atom is 0.262 e. The predicted octanol–water partition coefficient (Wildman–Crippen LogP) is 1.38. The molecule has 2 aromatic carbocycles. The molecule has 0 saturated carbocycles. The van der Waals surface area contributed by atoms with E-state index in [1.54, 1.807) is 0 Å². The molecule has 3 N–H and O–H groups in total. The SMILES string of the molecule is C[C@@H]1C(=O)NN=C2COc3cc(-c4ccccc4CO)c(N(C)C4(C)CN(CCO)C4)cc3N21. The summed E-state index contributed by atoms with van der Waals surface area (Å²) in [5, 5.41) is 23.6. The van der Waals surface area contributed by atoms with Crippen molar-refractivity contribution in [1.29, 1.82) is 0 Å². The molecule has 1 atom stereocenters. The summed E-state index contributed by atoms with van der Waals surface area (Å²) in [6.07, 6.45) is 0. The number of hydrazone groups is 1. The van der Waals surface area contributed by atoms with E-state index in [9.17, 15) is 15.0 Å². The van der Waals surface area contributed by atoms with Gasteiger partial charge >= 0.3 is 0 Å². The van der Waals surface area contributed by atoms with Crippen LogP contribution in [0.1, 0.15) is 19.4 Å². The fraction of sp³-hybridized carbons (Fsp3) is 0.440. The van der Waals surface area contributed by atoms with E-state index in [1.165, 1.54) is 0 Å². The number of carbonyl (C=O) groups is 1. The van der Waals surface area contributed by atoms with E-state index in [-0.39, 0.29) is 31.3 Å². The Balaban J connectivity index is 1.65. The lowest BCUT2D eigenvalue weighted by molar-refractivity contribution is -0.122. The number of likely N-dealkylation sites (tertiary alicyclic amines) is 1. The van der Waals surface area contributed by atoms with Crippen molar-refractivity contribution in [2.45, 2.75) is 32.0 Å². The second-order valence-corrected chi connectivity index (χ2v) is 9.48. The lowest BCUT2D eigenvalue weighted by Gasteiger charge is -2.54. The highest BCUT2D eigenvalue weighted by molar-refractivity contribution is 6.10. The van der Waals surface area contributed by atoms with Gasteiger partial charge in [-0.15, -0.1) is 0 Å². The number of carbonyl (C=O) groups excluding carboxylic acids is 1. The van der Waals surface area contributed by atoms with Crippen LogP contribution in [-0.4, -0.2) is 78.3 Å². The average molecular weight is 466 g/mol. The Kier molecular flexibility index (Phi) is 5.71. The fourth-order valence-corrected chi connectivity index (χ4v) is 5.19. The van der Waals surface area contributed by atoms with E-state index in [0.29, 0.717) is 18.1 Å². The van der Waals surface area contributed by atoms with Crippen molar-refractivity contribution in [3.05, 3.63) is 42.0 Å². The minimum atomic E-state index is -0.414. The number of likely N-dealkylation sites (N-methyl/N-ethyl adjacent to an activating group) is 1. The van der Waals surface area contributed by atoms with E-state index < -0.39 is 6.04 Å². The third-order valence-corrected chi connectivity index (χ3v) is 7.23. The van der Waals surface area contributed by atoms with Gasteiger partial charge in [0.15, 0.2) is 5.84 Å². The standard InChI is InChI=1S/C25H31N5O4/c1-16-24(33)27-26-23-13-34-22-10-19(18-7-5-4-6-17(18)12-32)20(11-21(22)30(16)23)28(3)25(2)14-29(15-25)8-9-31/h4-7,10-11,16,31-32H,8-9,12-15H2,1-3H3,(H,27,33)/t16-/m1/s1. The van der Waals surface area contributed by atoms with E-state index >= 15 is 0 Å². The number of aliphatic hydroxyl groups is 2. The number of β-amino-alcohol motifs (C(OH)–C–C–N with tert-alkyl or cyclic N) is 1. The van der Waals surface area contributed by atoms with Crippen molar-refractivity contribution in [3.63, 3.8) is 0 Å². The Morgan fingerprint density at radius 3 is 2.74 bits per heavy atom. The zero-order valence-corrected chi connectivity index (χ0v) is 19.8. The first-order chi connectivity index (χ1) is 16.4. The molecule has 0 bridgehead atoms. The number of amidine groups is 1. The summed E-state index contributed by atoms with van der Waals surface area (Å²) in [5.41, 5.74) is 6.96. The molecule has 34 heavy (non-hydrogen) atoms.